The van der Waals surface area contributed by atoms with Crippen LogP contribution in [0.15, 0.2) is 24.5 Å². The van der Waals surface area contributed by atoms with E-state index in [9.17, 15) is 4.79 Å². The highest BCUT2D eigenvalue weighted by molar-refractivity contribution is 5.85. The lowest BCUT2D eigenvalue weighted by molar-refractivity contribution is 0.104. The average Bonchev–Trinajstić information content (AvgIpc) is 2.96. The van der Waals surface area contributed by atoms with E-state index in [0.29, 0.717) is 5.56 Å². The molecule has 1 aliphatic heterocycles. The number of imidazole rings is 1. The standard InChI is InChI=1S/C12H12N2O2/c15-8-9-3-1-5-14-10(9)7-13-12(14)11-4-2-6-16-11/h1,3,5,7-8,11H,2,4,6H2. The number of pyridine rings is 1. The Morgan fingerprint density at radius 1 is 1.56 bits per heavy atom. The van der Waals surface area contributed by atoms with E-state index in [4.69, 9.17) is 4.74 Å². The number of ether oxygens (including phenoxy) is 1. The van der Waals surface area contributed by atoms with Crippen LogP contribution in [0.25, 0.3) is 5.52 Å². The van der Waals surface area contributed by atoms with Gasteiger partial charge in [-0.2, -0.15) is 0 Å². The molecule has 0 radical (unpaired) electrons. The van der Waals surface area contributed by atoms with Gasteiger partial charge in [0.05, 0.1) is 11.7 Å². The van der Waals surface area contributed by atoms with E-state index in [0.717, 1.165) is 37.1 Å². The Hall–Kier alpha value is -1.68. The number of hydrogen-bond acceptors (Lipinski definition) is 3. The summed E-state index contributed by atoms with van der Waals surface area (Å²) in [5.41, 5.74) is 1.52. The first kappa shape index (κ1) is 9.54. The summed E-state index contributed by atoms with van der Waals surface area (Å²) in [6.07, 6.45) is 6.67. The largest absolute Gasteiger partial charge is 0.370 e. The lowest BCUT2D eigenvalue weighted by Crippen LogP contribution is -2.02. The monoisotopic (exact) mass is 216 g/mol. The highest BCUT2D eigenvalue weighted by atomic mass is 16.5. The van der Waals surface area contributed by atoms with Crippen molar-refractivity contribution < 1.29 is 9.53 Å². The van der Waals surface area contributed by atoms with Gasteiger partial charge >= 0.3 is 0 Å². The van der Waals surface area contributed by atoms with Crippen LogP contribution in [0.3, 0.4) is 0 Å². The minimum absolute atomic E-state index is 0.0735. The maximum atomic E-state index is 10.9. The summed E-state index contributed by atoms with van der Waals surface area (Å²) in [4.78, 5) is 15.2. The Morgan fingerprint density at radius 3 is 3.25 bits per heavy atom. The van der Waals surface area contributed by atoms with Crippen molar-refractivity contribution in [2.24, 2.45) is 0 Å². The number of rotatable bonds is 2. The Kier molecular flexibility index (Phi) is 2.22. The Labute approximate surface area is 92.9 Å². The number of carbonyl (C=O) groups excluding carboxylic acids is 1. The molecule has 0 N–H and O–H groups in total. The number of nitrogens with zero attached hydrogens (tertiary/aromatic N) is 2. The van der Waals surface area contributed by atoms with E-state index < -0.39 is 0 Å². The van der Waals surface area contributed by atoms with E-state index in [1.54, 1.807) is 12.3 Å². The summed E-state index contributed by atoms with van der Waals surface area (Å²) in [7, 11) is 0. The molecule has 0 aromatic carbocycles. The Morgan fingerprint density at radius 2 is 2.50 bits per heavy atom. The van der Waals surface area contributed by atoms with Gasteiger partial charge in [-0.25, -0.2) is 4.98 Å². The maximum Gasteiger partial charge on any atom is 0.152 e. The highest BCUT2D eigenvalue weighted by Crippen LogP contribution is 2.28. The van der Waals surface area contributed by atoms with E-state index in [-0.39, 0.29) is 6.10 Å². The van der Waals surface area contributed by atoms with E-state index >= 15 is 0 Å². The predicted octanol–water partition coefficient (Wildman–Crippen LogP) is 2.00. The molecule has 0 spiro atoms. The van der Waals surface area contributed by atoms with Crippen molar-refractivity contribution in [3.8, 4) is 0 Å². The Bertz CT molecular complexity index is 527. The van der Waals surface area contributed by atoms with Crippen molar-refractivity contribution in [3.63, 3.8) is 0 Å². The molecule has 16 heavy (non-hydrogen) atoms. The first-order chi connectivity index (χ1) is 7.90. The SMILES string of the molecule is O=Cc1cccn2c(C3CCCO3)ncc12. The number of carbonyl (C=O) groups is 1. The van der Waals surface area contributed by atoms with Gasteiger partial charge < -0.3 is 9.14 Å². The van der Waals surface area contributed by atoms with Crippen LogP contribution >= 0.6 is 0 Å². The number of fused-ring (bicyclic) bond motifs is 1. The maximum absolute atomic E-state index is 10.9. The van der Waals surface area contributed by atoms with E-state index in [1.165, 1.54) is 0 Å². The molecule has 0 amide bonds. The van der Waals surface area contributed by atoms with Gasteiger partial charge in [-0.3, -0.25) is 4.79 Å². The molecule has 1 saturated heterocycles. The number of hydrogen-bond donors (Lipinski definition) is 0. The molecule has 2 aromatic heterocycles. The summed E-state index contributed by atoms with van der Waals surface area (Å²) in [6, 6.07) is 3.65. The van der Waals surface area contributed by atoms with E-state index in [1.807, 2.05) is 16.7 Å². The highest BCUT2D eigenvalue weighted by Gasteiger charge is 2.22. The topological polar surface area (TPSA) is 43.6 Å². The van der Waals surface area contributed by atoms with Crippen molar-refractivity contribution in [1.29, 1.82) is 0 Å². The third kappa shape index (κ3) is 1.34. The summed E-state index contributed by atoms with van der Waals surface area (Å²) in [5.74, 6) is 0.899. The van der Waals surface area contributed by atoms with Crippen molar-refractivity contribution in [1.82, 2.24) is 9.38 Å². The molecule has 3 heterocycles. The van der Waals surface area contributed by atoms with Crippen molar-refractivity contribution >= 4 is 11.8 Å². The summed E-state index contributed by atoms with van der Waals surface area (Å²) < 4.78 is 7.55. The van der Waals surface area contributed by atoms with Crippen molar-refractivity contribution in [3.05, 3.63) is 35.9 Å². The van der Waals surface area contributed by atoms with Crippen LogP contribution in [0.5, 0.6) is 0 Å². The van der Waals surface area contributed by atoms with Crippen LogP contribution in [0.1, 0.15) is 35.1 Å². The quantitative estimate of drug-likeness (QED) is 0.721. The Balaban J connectivity index is 2.16. The first-order valence-corrected chi connectivity index (χ1v) is 5.43. The zero-order valence-electron chi connectivity index (χ0n) is 8.80. The van der Waals surface area contributed by atoms with Gasteiger partial charge in [0.2, 0.25) is 0 Å². The first-order valence-electron chi connectivity index (χ1n) is 5.43. The van der Waals surface area contributed by atoms with Gasteiger partial charge in [-0.15, -0.1) is 0 Å². The van der Waals surface area contributed by atoms with Gasteiger partial charge in [0.15, 0.2) is 6.29 Å². The normalized spacial score (nSPS) is 20.4. The number of aldehydes is 1. The molecule has 1 unspecified atom stereocenters. The molecule has 0 bridgehead atoms. The molecule has 1 aliphatic rings. The second kappa shape index (κ2) is 3.72. The van der Waals surface area contributed by atoms with Crippen LogP contribution in [-0.4, -0.2) is 22.3 Å². The van der Waals surface area contributed by atoms with Gasteiger partial charge in [0.25, 0.3) is 0 Å². The second-order valence-corrected chi connectivity index (χ2v) is 3.95. The lowest BCUT2D eigenvalue weighted by atomic mass is 10.2. The molecule has 82 valence electrons. The molecule has 4 heteroatoms. The van der Waals surface area contributed by atoms with Crippen LogP contribution in [0, 0.1) is 0 Å². The van der Waals surface area contributed by atoms with Gasteiger partial charge in [0, 0.05) is 18.4 Å². The minimum Gasteiger partial charge on any atom is -0.370 e. The smallest absolute Gasteiger partial charge is 0.152 e. The van der Waals surface area contributed by atoms with Gasteiger partial charge in [0.1, 0.15) is 11.9 Å². The third-order valence-electron chi connectivity index (χ3n) is 2.98. The molecule has 3 rings (SSSR count). The second-order valence-electron chi connectivity index (χ2n) is 3.95. The fourth-order valence-corrected chi connectivity index (χ4v) is 2.18. The molecule has 0 aliphatic carbocycles. The van der Waals surface area contributed by atoms with Gasteiger partial charge in [-0.1, -0.05) is 0 Å². The zero-order valence-corrected chi connectivity index (χ0v) is 8.80. The minimum atomic E-state index is 0.0735. The molecule has 1 fully saturated rings. The van der Waals surface area contributed by atoms with Gasteiger partial charge in [-0.05, 0) is 25.0 Å². The molecular weight excluding hydrogens is 204 g/mol. The molecule has 4 nitrogen and oxygen atoms in total. The predicted molar refractivity (Wildman–Crippen MR) is 58.5 cm³/mol. The van der Waals surface area contributed by atoms with Crippen LogP contribution < -0.4 is 0 Å². The fraction of sp³-hybridized carbons (Fsp3) is 0.333. The molecule has 0 saturated carbocycles. The fourth-order valence-electron chi connectivity index (χ4n) is 2.18. The van der Waals surface area contributed by atoms with E-state index in [2.05, 4.69) is 4.98 Å². The molecule has 2 aromatic rings. The summed E-state index contributed by atoms with van der Waals surface area (Å²) >= 11 is 0. The van der Waals surface area contributed by atoms with Crippen LogP contribution in [-0.2, 0) is 4.74 Å². The number of aromatic nitrogens is 2. The van der Waals surface area contributed by atoms with Crippen LogP contribution in [0.4, 0.5) is 0 Å². The molecule has 1 atom stereocenters. The summed E-state index contributed by atoms with van der Waals surface area (Å²) in [6.45, 7) is 0.799. The third-order valence-corrected chi connectivity index (χ3v) is 2.98. The average molecular weight is 216 g/mol. The zero-order chi connectivity index (χ0) is 11.0. The van der Waals surface area contributed by atoms with Crippen LogP contribution in [0.2, 0.25) is 0 Å². The van der Waals surface area contributed by atoms with Crippen molar-refractivity contribution in [2.75, 3.05) is 6.61 Å². The summed E-state index contributed by atoms with van der Waals surface area (Å²) in [5, 5.41) is 0. The lowest BCUT2D eigenvalue weighted by Gasteiger charge is -2.08. The molecular formula is C12H12N2O2. The van der Waals surface area contributed by atoms with Crippen molar-refractivity contribution in [2.45, 2.75) is 18.9 Å².